The second-order valence-corrected chi connectivity index (χ2v) is 6.20. The Hall–Kier alpha value is -2.02. The van der Waals surface area contributed by atoms with Crippen molar-refractivity contribution >= 4 is 46.7 Å². The van der Waals surface area contributed by atoms with E-state index in [1.165, 1.54) is 6.21 Å². The SMILES string of the molecule is CCOc1cc(/C=N\NC(N)=S)cc(Cl)c1OCc1ccc(Cl)cc1. The van der Waals surface area contributed by atoms with E-state index in [0.717, 1.165) is 11.1 Å². The topological polar surface area (TPSA) is 68.9 Å². The molecular weight excluding hydrogens is 381 g/mol. The average Bonchev–Trinajstić information content (AvgIpc) is 2.55. The van der Waals surface area contributed by atoms with Gasteiger partial charge in [-0.3, -0.25) is 5.43 Å². The number of nitrogens with one attached hydrogen (secondary N) is 1. The van der Waals surface area contributed by atoms with Crippen molar-refractivity contribution < 1.29 is 9.47 Å². The summed E-state index contributed by atoms with van der Waals surface area (Å²) in [5.74, 6) is 0.999. The lowest BCUT2D eigenvalue weighted by atomic mass is 10.2. The normalized spacial score (nSPS) is 10.7. The molecule has 132 valence electrons. The first kappa shape index (κ1) is 19.3. The van der Waals surface area contributed by atoms with Crippen molar-refractivity contribution in [3.63, 3.8) is 0 Å². The van der Waals surface area contributed by atoms with Crippen molar-refractivity contribution in [2.75, 3.05) is 6.61 Å². The highest BCUT2D eigenvalue weighted by molar-refractivity contribution is 7.80. The van der Waals surface area contributed by atoms with Crippen LogP contribution in [0.3, 0.4) is 0 Å². The van der Waals surface area contributed by atoms with Crippen LogP contribution in [0.15, 0.2) is 41.5 Å². The van der Waals surface area contributed by atoms with Gasteiger partial charge in [-0.2, -0.15) is 5.10 Å². The molecule has 0 unspecified atom stereocenters. The van der Waals surface area contributed by atoms with Crippen LogP contribution in [0.2, 0.25) is 10.0 Å². The van der Waals surface area contributed by atoms with Crippen molar-refractivity contribution in [3.05, 3.63) is 57.6 Å². The van der Waals surface area contributed by atoms with Gasteiger partial charge in [0.15, 0.2) is 16.6 Å². The molecule has 0 amide bonds. The highest BCUT2D eigenvalue weighted by Crippen LogP contribution is 2.37. The fourth-order valence-corrected chi connectivity index (χ4v) is 2.42. The zero-order chi connectivity index (χ0) is 18.2. The number of benzene rings is 2. The second-order valence-electron chi connectivity index (χ2n) is 4.91. The molecule has 0 atom stereocenters. The van der Waals surface area contributed by atoms with E-state index in [9.17, 15) is 0 Å². The summed E-state index contributed by atoms with van der Waals surface area (Å²) < 4.78 is 11.5. The number of halogens is 2. The average molecular weight is 398 g/mol. The second kappa shape index (κ2) is 9.46. The molecule has 0 fully saturated rings. The molecule has 0 bridgehead atoms. The molecule has 0 heterocycles. The molecule has 8 heteroatoms. The van der Waals surface area contributed by atoms with E-state index in [1.807, 2.05) is 19.1 Å². The Kier molecular flexibility index (Phi) is 7.31. The molecule has 0 saturated heterocycles. The van der Waals surface area contributed by atoms with Crippen molar-refractivity contribution in [2.45, 2.75) is 13.5 Å². The van der Waals surface area contributed by atoms with E-state index in [0.29, 0.717) is 34.8 Å². The van der Waals surface area contributed by atoms with Crippen LogP contribution in [0.25, 0.3) is 0 Å². The summed E-state index contributed by atoms with van der Waals surface area (Å²) in [6.07, 6.45) is 1.54. The molecule has 0 aliphatic rings. The minimum Gasteiger partial charge on any atom is -0.490 e. The van der Waals surface area contributed by atoms with Crippen LogP contribution < -0.4 is 20.6 Å². The van der Waals surface area contributed by atoms with Crippen molar-refractivity contribution in [2.24, 2.45) is 10.8 Å². The molecule has 0 saturated carbocycles. The van der Waals surface area contributed by atoms with Gasteiger partial charge in [-0.25, -0.2) is 0 Å². The van der Waals surface area contributed by atoms with Crippen LogP contribution in [0.1, 0.15) is 18.1 Å². The Morgan fingerprint density at radius 1 is 1.24 bits per heavy atom. The highest BCUT2D eigenvalue weighted by atomic mass is 35.5. The zero-order valence-electron chi connectivity index (χ0n) is 13.5. The fraction of sp³-hybridized carbons (Fsp3) is 0.176. The first-order chi connectivity index (χ1) is 12.0. The first-order valence-electron chi connectivity index (χ1n) is 7.41. The summed E-state index contributed by atoms with van der Waals surface area (Å²) in [6, 6.07) is 10.9. The van der Waals surface area contributed by atoms with E-state index < -0.39 is 0 Å². The molecule has 2 aromatic carbocycles. The quantitative estimate of drug-likeness (QED) is 0.417. The Labute approximate surface area is 161 Å². The molecule has 0 aliphatic carbocycles. The van der Waals surface area contributed by atoms with Gasteiger partial charge in [0.2, 0.25) is 0 Å². The van der Waals surface area contributed by atoms with Gasteiger partial charge in [0.25, 0.3) is 0 Å². The molecular formula is C17H17Cl2N3O2S. The predicted molar refractivity (Wildman–Crippen MR) is 106 cm³/mol. The van der Waals surface area contributed by atoms with Crippen molar-refractivity contribution in [1.82, 2.24) is 5.43 Å². The third kappa shape index (κ3) is 6.08. The summed E-state index contributed by atoms with van der Waals surface area (Å²) in [5, 5.41) is 5.07. The first-order valence-corrected chi connectivity index (χ1v) is 8.58. The highest BCUT2D eigenvalue weighted by Gasteiger charge is 2.12. The van der Waals surface area contributed by atoms with Crippen LogP contribution >= 0.6 is 35.4 Å². The third-order valence-electron chi connectivity index (χ3n) is 3.02. The molecule has 2 rings (SSSR count). The lowest BCUT2D eigenvalue weighted by molar-refractivity contribution is 0.269. The van der Waals surface area contributed by atoms with Gasteiger partial charge in [0.1, 0.15) is 6.61 Å². The molecule has 2 aromatic rings. The number of nitrogens with zero attached hydrogens (tertiary/aromatic N) is 1. The van der Waals surface area contributed by atoms with Crippen LogP contribution in [0.4, 0.5) is 0 Å². The number of thiocarbonyl (C=S) groups is 1. The van der Waals surface area contributed by atoms with E-state index in [-0.39, 0.29) is 5.11 Å². The lowest BCUT2D eigenvalue weighted by Crippen LogP contribution is -2.23. The van der Waals surface area contributed by atoms with Gasteiger partial charge < -0.3 is 15.2 Å². The number of rotatable bonds is 7. The molecule has 5 nitrogen and oxygen atoms in total. The number of hydrogen-bond acceptors (Lipinski definition) is 4. The zero-order valence-corrected chi connectivity index (χ0v) is 15.8. The molecule has 3 N–H and O–H groups in total. The van der Waals surface area contributed by atoms with Crippen molar-refractivity contribution in [3.8, 4) is 11.5 Å². The molecule has 0 aliphatic heterocycles. The molecule has 25 heavy (non-hydrogen) atoms. The summed E-state index contributed by atoms with van der Waals surface area (Å²) in [5.41, 5.74) is 9.49. The van der Waals surface area contributed by atoms with Gasteiger partial charge in [-0.1, -0.05) is 35.3 Å². The van der Waals surface area contributed by atoms with Crippen LogP contribution in [0.5, 0.6) is 11.5 Å². The number of ether oxygens (including phenoxy) is 2. The monoisotopic (exact) mass is 397 g/mol. The third-order valence-corrected chi connectivity index (χ3v) is 3.64. The Bertz CT molecular complexity index is 767. The fourth-order valence-electron chi connectivity index (χ4n) is 1.97. The van der Waals surface area contributed by atoms with Gasteiger partial charge >= 0.3 is 0 Å². The van der Waals surface area contributed by atoms with Gasteiger partial charge in [0.05, 0.1) is 17.8 Å². The van der Waals surface area contributed by atoms with Gasteiger partial charge in [0, 0.05) is 5.02 Å². The van der Waals surface area contributed by atoms with E-state index in [1.54, 1.807) is 24.3 Å². The number of nitrogens with two attached hydrogens (primary N) is 1. The minimum atomic E-state index is 0.0790. The standard InChI is InChI=1S/C17H17Cl2N3O2S/c1-2-23-15-8-12(9-21-22-17(20)25)7-14(19)16(15)24-10-11-3-5-13(18)6-4-11/h3-9H,2,10H2,1H3,(H3,20,22,25)/b21-9-. The van der Waals surface area contributed by atoms with Crippen LogP contribution in [0, 0.1) is 0 Å². The summed E-state index contributed by atoms with van der Waals surface area (Å²) >= 11 is 16.9. The van der Waals surface area contributed by atoms with Gasteiger partial charge in [-0.15, -0.1) is 0 Å². The summed E-state index contributed by atoms with van der Waals surface area (Å²) in [7, 11) is 0. The van der Waals surface area contributed by atoms with E-state index >= 15 is 0 Å². The maximum atomic E-state index is 6.34. The van der Waals surface area contributed by atoms with Crippen LogP contribution in [-0.4, -0.2) is 17.9 Å². The smallest absolute Gasteiger partial charge is 0.184 e. The summed E-state index contributed by atoms with van der Waals surface area (Å²) in [6.45, 7) is 2.69. The lowest BCUT2D eigenvalue weighted by Gasteiger charge is -2.14. The molecule has 0 aromatic heterocycles. The maximum absolute atomic E-state index is 6.34. The summed E-state index contributed by atoms with van der Waals surface area (Å²) in [4.78, 5) is 0. The molecule has 0 radical (unpaired) electrons. The molecule has 0 spiro atoms. The Morgan fingerprint density at radius 3 is 2.60 bits per heavy atom. The van der Waals surface area contributed by atoms with Crippen molar-refractivity contribution in [1.29, 1.82) is 0 Å². The number of hydrogen-bond donors (Lipinski definition) is 2. The van der Waals surface area contributed by atoms with E-state index in [2.05, 4.69) is 22.7 Å². The Balaban J connectivity index is 2.19. The van der Waals surface area contributed by atoms with Gasteiger partial charge in [-0.05, 0) is 54.5 Å². The van der Waals surface area contributed by atoms with E-state index in [4.69, 9.17) is 38.4 Å². The Morgan fingerprint density at radius 2 is 1.96 bits per heavy atom. The van der Waals surface area contributed by atoms with Crippen LogP contribution in [-0.2, 0) is 6.61 Å². The largest absolute Gasteiger partial charge is 0.490 e. The predicted octanol–water partition coefficient (Wildman–Crippen LogP) is 4.14. The minimum absolute atomic E-state index is 0.0790. The number of hydrazone groups is 1. The maximum Gasteiger partial charge on any atom is 0.184 e.